The lowest BCUT2D eigenvalue weighted by Crippen LogP contribution is -2.44. The van der Waals surface area contributed by atoms with Gasteiger partial charge >= 0.3 is 5.97 Å². The lowest BCUT2D eigenvalue weighted by molar-refractivity contribution is -0.146. The highest BCUT2D eigenvalue weighted by molar-refractivity contribution is 7.12. The number of carboxylic acid groups (broad SMARTS) is 1. The van der Waals surface area contributed by atoms with Gasteiger partial charge in [-0.1, -0.05) is 11.8 Å². The number of carbonyl (C=O) groups is 1. The first kappa shape index (κ1) is 24.2. The van der Waals surface area contributed by atoms with Crippen LogP contribution in [0.5, 0.6) is 5.75 Å². The second-order valence-corrected chi connectivity index (χ2v) is 10.1. The number of nitrogens with zero attached hydrogens (tertiary/aromatic N) is 2. The fourth-order valence-corrected chi connectivity index (χ4v) is 5.38. The fraction of sp³-hybridized carbons (Fsp3) is 0.407. The second-order valence-electron chi connectivity index (χ2n) is 8.77. The average molecular weight is 481 g/mol. The van der Waals surface area contributed by atoms with Crippen LogP contribution in [0.15, 0.2) is 42.6 Å². The number of methoxy groups -OCH3 is 1. The minimum Gasteiger partial charge on any atom is -0.497 e. The van der Waals surface area contributed by atoms with Gasteiger partial charge in [0.05, 0.1) is 30.0 Å². The number of likely N-dealkylation sites (tertiary alicyclic amines) is 1. The van der Waals surface area contributed by atoms with Crippen LogP contribution in [-0.2, 0) is 4.79 Å². The number of rotatable bonds is 7. The van der Waals surface area contributed by atoms with Gasteiger partial charge in [-0.2, -0.15) is 0 Å². The number of hydrogen-bond acceptors (Lipinski definition) is 5. The van der Waals surface area contributed by atoms with Crippen LogP contribution in [-0.4, -0.2) is 47.7 Å². The standard InChI is InChI=1S/C27H29FN2O3S/c1-18-5-8-21(34-18)4-3-14-30-15-12-19(24(17-30)27(31)32)6-9-25(28)22-11-13-29-26-10-7-20(33-2)16-23(22)26/h5,7-8,10-11,13,16,19,24-25H,6,9,12,14-15,17H2,1-2H3,(H,31,32)/t19-,24+,25-/m1/s1. The summed E-state index contributed by atoms with van der Waals surface area (Å²) in [5.41, 5.74) is 1.30. The van der Waals surface area contributed by atoms with E-state index >= 15 is 4.39 Å². The Labute approximate surface area is 203 Å². The van der Waals surface area contributed by atoms with Gasteiger partial charge in [0.15, 0.2) is 0 Å². The molecule has 1 saturated heterocycles. The van der Waals surface area contributed by atoms with E-state index in [9.17, 15) is 9.90 Å². The number of piperidine rings is 1. The maximum absolute atomic E-state index is 15.3. The SMILES string of the molecule is COc1ccc2nccc([C@H](F)CC[C@@H]3CCN(CC#Cc4ccc(C)s4)C[C@@H]3C(=O)O)c2c1. The number of aromatic nitrogens is 1. The number of alkyl halides is 1. The molecule has 34 heavy (non-hydrogen) atoms. The van der Waals surface area contributed by atoms with E-state index in [0.29, 0.717) is 30.8 Å². The van der Waals surface area contributed by atoms with Crippen LogP contribution in [0.4, 0.5) is 4.39 Å². The molecule has 0 spiro atoms. The zero-order valence-electron chi connectivity index (χ0n) is 19.5. The Balaban J connectivity index is 1.38. The van der Waals surface area contributed by atoms with Crippen molar-refractivity contribution in [2.75, 3.05) is 26.7 Å². The van der Waals surface area contributed by atoms with Crippen molar-refractivity contribution < 1.29 is 19.0 Å². The summed E-state index contributed by atoms with van der Waals surface area (Å²) in [6.45, 7) is 3.82. The van der Waals surface area contributed by atoms with Crippen molar-refractivity contribution in [3.05, 3.63) is 57.9 Å². The van der Waals surface area contributed by atoms with Gasteiger partial charge < -0.3 is 9.84 Å². The highest BCUT2D eigenvalue weighted by Crippen LogP contribution is 2.35. The van der Waals surface area contributed by atoms with E-state index < -0.39 is 18.1 Å². The van der Waals surface area contributed by atoms with E-state index in [4.69, 9.17) is 4.74 Å². The first-order valence-corrected chi connectivity index (χ1v) is 12.3. The number of ether oxygens (including phenoxy) is 1. The third-order valence-corrected chi connectivity index (χ3v) is 7.44. The number of benzene rings is 1. The fourth-order valence-electron chi connectivity index (χ4n) is 4.64. The lowest BCUT2D eigenvalue weighted by atomic mass is 9.81. The molecule has 3 aromatic rings. The number of aliphatic carboxylic acids is 1. The summed E-state index contributed by atoms with van der Waals surface area (Å²) in [5, 5.41) is 10.6. The first-order valence-electron chi connectivity index (χ1n) is 11.5. The molecule has 0 unspecified atom stereocenters. The molecule has 0 saturated carbocycles. The van der Waals surface area contributed by atoms with Crippen LogP contribution in [0, 0.1) is 30.6 Å². The predicted molar refractivity (Wildman–Crippen MR) is 133 cm³/mol. The van der Waals surface area contributed by atoms with E-state index in [1.165, 1.54) is 4.88 Å². The highest BCUT2D eigenvalue weighted by atomic mass is 32.1. The van der Waals surface area contributed by atoms with Gasteiger partial charge in [0, 0.05) is 23.0 Å². The van der Waals surface area contributed by atoms with Gasteiger partial charge in [0.1, 0.15) is 11.9 Å². The Hall–Kier alpha value is -2.95. The highest BCUT2D eigenvalue weighted by Gasteiger charge is 2.34. The monoisotopic (exact) mass is 480 g/mol. The Bertz CT molecular complexity index is 1220. The van der Waals surface area contributed by atoms with Crippen LogP contribution < -0.4 is 4.74 Å². The Kier molecular flexibility index (Phi) is 7.81. The van der Waals surface area contributed by atoms with Gasteiger partial charge in [0.25, 0.3) is 0 Å². The molecule has 1 aromatic carbocycles. The molecule has 3 heterocycles. The lowest BCUT2D eigenvalue weighted by Gasteiger charge is -2.35. The minimum atomic E-state index is -1.19. The molecule has 0 aliphatic carbocycles. The van der Waals surface area contributed by atoms with Crippen molar-refractivity contribution in [3.8, 4) is 17.6 Å². The molecule has 1 aliphatic heterocycles. The van der Waals surface area contributed by atoms with Gasteiger partial charge in [-0.05, 0) is 80.6 Å². The largest absolute Gasteiger partial charge is 0.497 e. The van der Waals surface area contributed by atoms with Gasteiger partial charge in [-0.25, -0.2) is 4.39 Å². The van der Waals surface area contributed by atoms with Crippen molar-refractivity contribution in [2.45, 2.75) is 32.4 Å². The normalized spacial score (nSPS) is 19.4. The molecule has 0 radical (unpaired) electrons. The number of thiophene rings is 1. The molecular formula is C27H29FN2O3S. The molecular weight excluding hydrogens is 451 g/mol. The van der Waals surface area contributed by atoms with Crippen molar-refractivity contribution in [3.63, 3.8) is 0 Å². The molecule has 2 aromatic heterocycles. The second kappa shape index (κ2) is 11.0. The molecule has 0 bridgehead atoms. The van der Waals surface area contributed by atoms with Crippen LogP contribution in [0.2, 0.25) is 0 Å². The van der Waals surface area contributed by atoms with Gasteiger partial charge in [-0.15, -0.1) is 11.3 Å². The number of halogens is 1. The summed E-state index contributed by atoms with van der Waals surface area (Å²) < 4.78 is 20.6. The molecule has 5 nitrogen and oxygen atoms in total. The molecule has 1 N–H and O–H groups in total. The summed E-state index contributed by atoms with van der Waals surface area (Å²) in [5.74, 6) is 5.62. The number of aryl methyl sites for hydroxylation is 1. The summed E-state index contributed by atoms with van der Waals surface area (Å²) in [6, 6.07) is 11.2. The molecule has 1 fully saturated rings. The summed E-state index contributed by atoms with van der Waals surface area (Å²) in [7, 11) is 1.58. The predicted octanol–water partition coefficient (Wildman–Crippen LogP) is 5.48. The van der Waals surface area contributed by atoms with E-state index in [-0.39, 0.29) is 12.3 Å². The van der Waals surface area contributed by atoms with Crippen molar-refractivity contribution >= 4 is 28.2 Å². The molecule has 3 atom stereocenters. The Morgan fingerprint density at radius 1 is 1.35 bits per heavy atom. The molecule has 4 rings (SSSR count). The van der Waals surface area contributed by atoms with Crippen molar-refractivity contribution in [2.24, 2.45) is 11.8 Å². The number of carboxylic acids is 1. The third kappa shape index (κ3) is 5.75. The Morgan fingerprint density at radius 3 is 2.94 bits per heavy atom. The van der Waals surface area contributed by atoms with Crippen LogP contribution in [0.1, 0.15) is 40.8 Å². The van der Waals surface area contributed by atoms with E-state index in [1.807, 2.05) is 31.2 Å². The Morgan fingerprint density at radius 2 is 2.21 bits per heavy atom. The van der Waals surface area contributed by atoms with Crippen molar-refractivity contribution in [1.82, 2.24) is 9.88 Å². The first-order chi connectivity index (χ1) is 16.4. The smallest absolute Gasteiger partial charge is 0.308 e. The van der Waals surface area contributed by atoms with Crippen molar-refractivity contribution in [1.29, 1.82) is 0 Å². The molecule has 178 valence electrons. The van der Waals surface area contributed by atoms with Gasteiger partial charge in [0.2, 0.25) is 0 Å². The van der Waals surface area contributed by atoms with Gasteiger partial charge in [-0.3, -0.25) is 14.7 Å². The zero-order chi connectivity index (χ0) is 24.1. The van der Waals surface area contributed by atoms with E-state index in [1.54, 1.807) is 36.8 Å². The van der Waals surface area contributed by atoms with E-state index in [0.717, 1.165) is 28.7 Å². The minimum absolute atomic E-state index is 0.0532. The zero-order valence-corrected chi connectivity index (χ0v) is 20.3. The van der Waals surface area contributed by atoms with Crippen LogP contribution >= 0.6 is 11.3 Å². The number of pyridine rings is 1. The maximum Gasteiger partial charge on any atom is 0.308 e. The average Bonchev–Trinajstić information content (AvgIpc) is 3.26. The number of fused-ring (bicyclic) bond motifs is 1. The topological polar surface area (TPSA) is 62.7 Å². The molecule has 1 aliphatic rings. The summed E-state index contributed by atoms with van der Waals surface area (Å²) >= 11 is 1.66. The summed E-state index contributed by atoms with van der Waals surface area (Å²) in [4.78, 5) is 20.7. The van der Waals surface area contributed by atoms with E-state index in [2.05, 4.69) is 21.7 Å². The van der Waals surface area contributed by atoms with Crippen LogP contribution in [0.3, 0.4) is 0 Å². The molecule has 7 heteroatoms. The maximum atomic E-state index is 15.3. The number of hydrogen-bond donors (Lipinski definition) is 1. The van der Waals surface area contributed by atoms with Crippen LogP contribution in [0.25, 0.3) is 10.9 Å². The molecule has 0 amide bonds. The third-order valence-electron chi connectivity index (χ3n) is 6.52. The summed E-state index contributed by atoms with van der Waals surface area (Å²) in [6.07, 6.45) is 1.97. The quantitative estimate of drug-likeness (QED) is 0.454.